The Morgan fingerprint density at radius 3 is 1.17 bits per heavy atom. The highest BCUT2D eigenvalue weighted by Crippen LogP contribution is 2.55. The lowest BCUT2D eigenvalue weighted by molar-refractivity contribution is 0.660. The molecule has 11 aromatic carbocycles. The van der Waals surface area contributed by atoms with E-state index in [0.29, 0.717) is 0 Å². The summed E-state index contributed by atoms with van der Waals surface area (Å²) >= 11 is 0. The molecule has 1 heteroatoms. The molecule has 0 amide bonds. The molecule has 1 nitrogen and oxygen atoms in total. The largest absolute Gasteiger partial charge is 0.309 e. The zero-order valence-corrected chi connectivity index (χ0v) is 37.2. The van der Waals surface area contributed by atoms with E-state index in [1.54, 1.807) is 0 Å². The van der Waals surface area contributed by atoms with Crippen LogP contribution in [0.3, 0.4) is 0 Å². The molecule has 13 rings (SSSR count). The topological polar surface area (TPSA) is 3.24 Å². The Balaban J connectivity index is 0.967. The van der Waals surface area contributed by atoms with Crippen LogP contribution in [-0.2, 0) is 10.8 Å². The maximum absolute atomic E-state index is 2.51. The molecule has 2 aliphatic carbocycles. The van der Waals surface area contributed by atoms with Gasteiger partial charge in [-0.1, -0.05) is 204 Å². The van der Waals surface area contributed by atoms with Gasteiger partial charge in [0.05, 0.1) is 11.4 Å². The average Bonchev–Trinajstić information content (AvgIpc) is 3.71. The van der Waals surface area contributed by atoms with Crippen LogP contribution in [0.25, 0.3) is 87.6 Å². The molecule has 0 radical (unpaired) electrons. The lowest BCUT2D eigenvalue weighted by Gasteiger charge is -2.30. The number of rotatable bonds is 5. The summed E-state index contributed by atoms with van der Waals surface area (Å²) in [6, 6.07) is 79.6. The van der Waals surface area contributed by atoms with Crippen LogP contribution in [0.4, 0.5) is 17.1 Å². The molecule has 308 valence electrons. The van der Waals surface area contributed by atoms with Crippen molar-refractivity contribution in [2.24, 2.45) is 0 Å². The summed E-state index contributed by atoms with van der Waals surface area (Å²) in [5.74, 6) is 0. The second-order valence-corrected chi connectivity index (χ2v) is 19.2. The van der Waals surface area contributed by atoms with Gasteiger partial charge in [0.15, 0.2) is 0 Å². The zero-order valence-electron chi connectivity index (χ0n) is 37.2. The molecule has 0 spiro atoms. The third-order valence-corrected chi connectivity index (χ3v) is 15.0. The molecule has 11 aromatic rings. The summed E-state index contributed by atoms with van der Waals surface area (Å²) in [6.07, 6.45) is 0. The van der Waals surface area contributed by atoms with Crippen molar-refractivity contribution in [1.29, 1.82) is 0 Å². The molecule has 0 saturated heterocycles. The minimum atomic E-state index is -0.250. The molecule has 0 N–H and O–H groups in total. The minimum absolute atomic E-state index is 0.0762. The van der Waals surface area contributed by atoms with Gasteiger partial charge in [-0.25, -0.2) is 0 Å². The summed E-state index contributed by atoms with van der Waals surface area (Å²) in [7, 11) is 0. The second kappa shape index (κ2) is 13.9. The Hall–Kier alpha value is -7.74. The molecular weight excluding hydrogens is 783 g/mol. The number of fused-ring (bicyclic) bond motifs is 10. The van der Waals surface area contributed by atoms with E-state index in [4.69, 9.17) is 0 Å². The number of hydrogen-bond donors (Lipinski definition) is 0. The van der Waals surface area contributed by atoms with Crippen LogP contribution in [0, 0.1) is 0 Å². The molecule has 0 saturated carbocycles. The number of benzene rings is 11. The standard InChI is InChI=1S/C64H47N/c1-63(2)55-28-14-13-23-47(55)48-34-31-42(37-56(48)63)61-51-24-9-11-26-53(51)62(54-27-12-10-25-52(54)61)43-32-35-49-50-36-33-44(39-58(50)64(3,4)57(49)38-43)65(59-29-15-19-40-17-5-7-21-45(40)59)60-30-16-20-41-18-6-8-22-46(41)60/h5-39H,1-4H3. The molecule has 0 atom stereocenters. The molecule has 0 fully saturated rings. The van der Waals surface area contributed by atoms with Gasteiger partial charge in [0.25, 0.3) is 0 Å². The summed E-state index contributed by atoms with van der Waals surface area (Å²) < 4.78 is 0. The van der Waals surface area contributed by atoms with Crippen molar-refractivity contribution in [3.05, 3.63) is 235 Å². The van der Waals surface area contributed by atoms with E-state index in [1.807, 2.05) is 0 Å². The first-order valence-corrected chi connectivity index (χ1v) is 23.0. The highest BCUT2D eigenvalue weighted by Gasteiger charge is 2.38. The van der Waals surface area contributed by atoms with Crippen molar-refractivity contribution in [2.45, 2.75) is 38.5 Å². The highest BCUT2D eigenvalue weighted by molar-refractivity contribution is 6.21. The summed E-state index contributed by atoms with van der Waals surface area (Å²) in [5, 5.41) is 10.0. The van der Waals surface area contributed by atoms with E-state index in [1.165, 1.54) is 121 Å². The molecule has 0 unspecified atom stereocenters. The Morgan fingerprint density at radius 2 is 0.662 bits per heavy atom. The third kappa shape index (κ3) is 5.45. The Bertz CT molecular complexity index is 3640. The fourth-order valence-corrected chi connectivity index (χ4v) is 11.8. The monoisotopic (exact) mass is 829 g/mol. The van der Waals surface area contributed by atoms with Gasteiger partial charge < -0.3 is 4.90 Å². The van der Waals surface area contributed by atoms with Gasteiger partial charge in [0.2, 0.25) is 0 Å². The number of nitrogens with zero attached hydrogens (tertiary/aromatic N) is 1. The van der Waals surface area contributed by atoms with Crippen LogP contribution in [-0.4, -0.2) is 0 Å². The van der Waals surface area contributed by atoms with Crippen molar-refractivity contribution >= 4 is 60.2 Å². The van der Waals surface area contributed by atoms with E-state index in [0.717, 1.165) is 5.69 Å². The van der Waals surface area contributed by atoms with Crippen molar-refractivity contribution in [3.63, 3.8) is 0 Å². The predicted molar refractivity (Wildman–Crippen MR) is 277 cm³/mol. The summed E-state index contributed by atoms with van der Waals surface area (Å²) in [4.78, 5) is 2.48. The average molecular weight is 830 g/mol. The maximum atomic E-state index is 2.51. The third-order valence-electron chi connectivity index (χ3n) is 15.0. The van der Waals surface area contributed by atoms with Crippen LogP contribution >= 0.6 is 0 Å². The van der Waals surface area contributed by atoms with Crippen molar-refractivity contribution < 1.29 is 0 Å². The van der Waals surface area contributed by atoms with Crippen LogP contribution in [0.5, 0.6) is 0 Å². The fourth-order valence-electron chi connectivity index (χ4n) is 11.8. The van der Waals surface area contributed by atoms with E-state index in [2.05, 4.69) is 245 Å². The Labute approximate surface area is 380 Å². The minimum Gasteiger partial charge on any atom is -0.309 e. The second-order valence-electron chi connectivity index (χ2n) is 19.2. The van der Waals surface area contributed by atoms with E-state index in [9.17, 15) is 0 Å². The lowest BCUT2D eigenvalue weighted by Crippen LogP contribution is -2.17. The van der Waals surface area contributed by atoms with Gasteiger partial charge in [-0.2, -0.15) is 0 Å². The van der Waals surface area contributed by atoms with Gasteiger partial charge in [0, 0.05) is 27.3 Å². The Morgan fingerprint density at radius 1 is 0.292 bits per heavy atom. The van der Waals surface area contributed by atoms with Crippen molar-refractivity contribution in [2.75, 3.05) is 4.90 Å². The normalized spacial score (nSPS) is 14.1. The van der Waals surface area contributed by atoms with Crippen molar-refractivity contribution in [1.82, 2.24) is 0 Å². The van der Waals surface area contributed by atoms with E-state index < -0.39 is 0 Å². The smallest absolute Gasteiger partial charge is 0.0540 e. The molecule has 2 aliphatic rings. The number of anilines is 3. The van der Waals surface area contributed by atoms with Gasteiger partial charge in [-0.05, 0) is 135 Å². The summed E-state index contributed by atoms with van der Waals surface area (Å²) in [6.45, 7) is 9.58. The molecular formula is C64H47N. The quantitative estimate of drug-likeness (QED) is 0.156. The van der Waals surface area contributed by atoms with Crippen LogP contribution in [0.2, 0.25) is 0 Å². The number of hydrogen-bond acceptors (Lipinski definition) is 1. The molecule has 0 bridgehead atoms. The first kappa shape index (κ1) is 37.8. The molecule has 0 aromatic heterocycles. The lowest BCUT2D eigenvalue weighted by atomic mass is 9.79. The first-order chi connectivity index (χ1) is 31.8. The van der Waals surface area contributed by atoms with Gasteiger partial charge >= 0.3 is 0 Å². The maximum Gasteiger partial charge on any atom is 0.0540 e. The van der Waals surface area contributed by atoms with Crippen molar-refractivity contribution in [3.8, 4) is 44.5 Å². The zero-order chi connectivity index (χ0) is 43.6. The molecule has 0 aliphatic heterocycles. The van der Waals surface area contributed by atoms with Gasteiger partial charge in [-0.15, -0.1) is 0 Å². The molecule has 0 heterocycles. The van der Waals surface area contributed by atoms with Gasteiger partial charge in [-0.3, -0.25) is 0 Å². The summed E-state index contributed by atoms with van der Waals surface area (Å²) in [5.41, 5.74) is 19.1. The van der Waals surface area contributed by atoms with Crippen LogP contribution in [0.15, 0.2) is 212 Å². The van der Waals surface area contributed by atoms with Crippen LogP contribution in [0.1, 0.15) is 49.9 Å². The Kier molecular flexibility index (Phi) is 8.07. The predicted octanol–water partition coefficient (Wildman–Crippen LogP) is 17.7. The van der Waals surface area contributed by atoms with Crippen LogP contribution < -0.4 is 4.90 Å². The SMILES string of the molecule is CC1(C)c2ccccc2-c2ccc(-c3c4ccccc4c(-c4ccc5c(c4)C(C)(C)c4cc(N(c6cccc7ccccc67)c6cccc7ccccc67)ccc4-5)c4ccccc34)cc21. The highest BCUT2D eigenvalue weighted by atomic mass is 15.1. The molecule has 65 heavy (non-hydrogen) atoms. The van der Waals surface area contributed by atoms with E-state index in [-0.39, 0.29) is 10.8 Å². The first-order valence-electron chi connectivity index (χ1n) is 23.0. The van der Waals surface area contributed by atoms with E-state index >= 15 is 0 Å². The van der Waals surface area contributed by atoms with Gasteiger partial charge in [0.1, 0.15) is 0 Å². The fraction of sp³-hybridized carbons (Fsp3) is 0.0938.